The first-order valence-electron chi connectivity index (χ1n) is 5.49. The monoisotopic (exact) mass is 268 g/mol. The Hall–Kier alpha value is -1.43. The summed E-state index contributed by atoms with van der Waals surface area (Å²) in [7, 11) is 1.84. The minimum absolute atomic E-state index is 0.158. The SMILES string of the molecule is Cn1ccc(C(Cc2ccc(F)cc2Cl)NN)n1. The van der Waals surface area contributed by atoms with E-state index in [0.717, 1.165) is 11.3 Å². The first kappa shape index (κ1) is 13.0. The van der Waals surface area contributed by atoms with Crippen LogP contribution in [0.15, 0.2) is 30.5 Å². The summed E-state index contributed by atoms with van der Waals surface area (Å²) in [4.78, 5) is 0. The Balaban J connectivity index is 2.20. The summed E-state index contributed by atoms with van der Waals surface area (Å²) < 4.78 is 14.7. The Morgan fingerprint density at radius 3 is 2.83 bits per heavy atom. The Morgan fingerprint density at radius 1 is 1.50 bits per heavy atom. The molecule has 0 spiro atoms. The van der Waals surface area contributed by atoms with Gasteiger partial charge in [0, 0.05) is 18.3 Å². The van der Waals surface area contributed by atoms with Gasteiger partial charge in [0.15, 0.2) is 0 Å². The van der Waals surface area contributed by atoms with Crippen molar-refractivity contribution in [1.29, 1.82) is 0 Å². The summed E-state index contributed by atoms with van der Waals surface area (Å²) in [5, 5.41) is 4.68. The molecule has 1 heterocycles. The van der Waals surface area contributed by atoms with Gasteiger partial charge in [-0.2, -0.15) is 5.10 Å². The standard InChI is InChI=1S/C12H14ClFN4/c1-18-5-4-11(17-18)12(16-15)6-8-2-3-9(14)7-10(8)13/h2-5,7,12,16H,6,15H2,1H3. The van der Waals surface area contributed by atoms with Gasteiger partial charge in [0.2, 0.25) is 0 Å². The van der Waals surface area contributed by atoms with E-state index in [-0.39, 0.29) is 11.9 Å². The van der Waals surface area contributed by atoms with Crippen LogP contribution in [-0.2, 0) is 13.5 Å². The van der Waals surface area contributed by atoms with Gasteiger partial charge in [-0.15, -0.1) is 0 Å². The largest absolute Gasteiger partial charge is 0.275 e. The molecule has 1 unspecified atom stereocenters. The lowest BCUT2D eigenvalue weighted by atomic mass is 10.0. The highest BCUT2D eigenvalue weighted by Gasteiger charge is 2.15. The van der Waals surface area contributed by atoms with Crippen LogP contribution in [-0.4, -0.2) is 9.78 Å². The average molecular weight is 269 g/mol. The maximum Gasteiger partial charge on any atom is 0.124 e. The van der Waals surface area contributed by atoms with Gasteiger partial charge in [-0.3, -0.25) is 16.0 Å². The predicted molar refractivity (Wildman–Crippen MR) is 68.4 cm³/mol. The van der Waals surface area contributed by atoms with Crippen molar-refractivity contribution in [3.63, 3.8) is 0 Å². The van der Waals surface area contributed by atoms with E-state index in [1.807, 2.05) is 19.3 Å². The van der Waals surface area contributed by atoms with Crippen molar-refractivity contribution in [2.75, 3.05) is 0 Å². The minimum atomic E-state index is -0.348. The molecule has 0 saturated carbocycles. The maximum absolute atomic E-state index is 13.0. The maximum atomic E-state index is 13.0. The number of nitrogens with one attached hydrogen (secondary N) is 1. The summed E-state index contributed by atoms with van der Waals surface area (Å²) in [6.07, 6.45) is 2.39. The second kappa shape index (κ2) is 5.48. The van der Waals surface area contributed by atoms with Gasteiger partial charge in [0.25, 0.3) is 0 Å². The van der Waals surface area contributed by atoms with E-state index in [4.69, 9.17) is 17.4 Å². The highest BCUT2D eigenvalue weighted by Crippen LogP contribution is 2.23. The van der Waals surface area contributed by atoms with Crippen LogP contribution in [0.4, 0.5) is 4.39 Å². The van der Waals surface area contributed by atoms with Crippen molar-refractivity contribution >= 4 is 11.6 Å². The molecule has 0 fully saturated rings. The second-order valence-electron chi connectivity index (χ2n) is 4.07. The Labute approximate surface area is 110 Å². The van der Waals surface area contributed by atoms with Crippen LogP contribution < -0.4 is 11.3 Å². The Bertz CT molecular complexity index is 541. The number of rotatable bonds is 4. The van der Waals surface area contributed by atoms with Crippen molar-refractivity contribution in [3.8, 4) is 0 Å². The smallest absolute Gasteiger partial charge is 0.124 e. The quantitative estimate of drug-likeness (QED) is 0.658. The number of aromatic nitrogens is 2. The van der Waals surface area contributed by atoms with E-state index in [0.29, 0.717) is 11.4 Å². The van der Waals surface area contributed by atoms with Gasteiger partial charge in [-0.25, -0.2) is 4.39 Å². The molecule has 0 saturated heterocycles. The van der Waals surface area contributed by atoms with Crippen LogP contribution in [0.3, 0.4) is 0 Å². The first-order valence-corrected chi connectivity index (χ1v) is 5.87. The third-order valence-corrected chi connectivity index (χ3v) is 3.08. The Morgan fingerprint density at radius 2 is 2.28 bits per heavy atom. The van der Waals surface area contributed by atoms with E-state index in [1.54, 1.807) is 10.7 Å². The molecule has 0 bridgehead atoms. The van der Waals surface area contributed by atoms with E-state index in [1.165, 1.54) is 12.1 Å². The van der Waals surface area contributed by atoms with Crippen LogP contribution in [0.2, 0.25) is 5.02 Å². The molecule has 6 heteroatoms. The lowest BCUT2D eigenvalue weighted by molar-refractivity contribution is 0.528. The molecular formula is C12H14ClFN4. The molecule has 1 aromatic heterocycles. The zero-order valence-corrected chi connectivity index (χ0v) is 10.7. The third-order valence-electron chi connectivity index (χ3n) is 2.73. The number of hydrogen-bond donors (Lipinski definition) is 2. The van der Waals surface area contributed by atoms with Crippen molar-refractivity contribution < 1.29 is 4.39 Å². The van der Waals surface area contributed by atoms with E-state index >= 15 is 0 Å². The predicted octanol–water partition coefficient (Wildman–Crippen LogP) is 1.96. The zero-order chi connectivity index (χ0) is 13.1. The molecule has 3 N–H and O–H groups in total. The summed E-state index contributed by atoms with van der Waals surface area (Å²) in [5.74, 6) is 5.18. The van der Waals surface area contributed by atoms with E-state index in [2.05, 4.69) is 10.5 Å². The van der Waals surface area contributed by atoms with Gasteiger partial charge < -0.3 is 0 Å². The molecular weight excluding hydrogens is 255 g/mol. The summed E-state index contributed by atoms with van der Waals surface area (Å²) >= 11 is 5.99. The fourth-order valence-electron chi connectivity index (χ4n) is 1.77. The van der Waals surface area contributed by atoms with Gasteiger partial charge in [0.1, 0.15) is 5.82 Å². The molecule has 0 aliphatic heterocycles. The minimum Gasteiger partial charge on any atom is -0.275 e. The van der Waals surface area contributed by atoms with E-state index in [9.17, 15) is 4.39 Å². The fraction of sp³-hybridized carbons (Fsp3) is 0.250. The second-order valence-corrected chi connectivity index (χ2v) is 4.48. The molecule has 2 aromatic rings. The molecule has 1 aromatic carbocycles. The van der Waals surface area contributed by atoms with Crippen LogP contribution >= 0.6 is 11.6 Å². The number of hydrogen-bond acceptors (Lipinski definition) is 3. The highest BCUT2D eigenvalue weighted by atomic mass is 35.5. The lowest BCUT2D eigenvalue weighted by Gasteiger charge is -2.14. The molecule has 0 aliphatic carbocycles. The van der Waals surface area contributed by atoms with Crippen LogP contribution in [0.25, 0.3) is 0 Å². The lowest BCUT2D eigenvalue weighted by Crippen LogP contribution is -2.30. The summed E-state index contributed by atoms with van der Waals surface area (Å²) in [6, 6.07) is 6.05. The number of nitrogens with two attached hydrogens (primary N) is 1. The van der Waals surface area contributed by atoms with Crippen molar-refractivity contribution in [2.45, 2.75) is 12.5 Å². The zero-order valence-electron chi connectivity index (χ0n) is 9.90. The summed E-state index contributed by atoms with van der Waals surface area (Å²) in [6.45, 7) is 0. The van der Waals surface area contributed by atoms with Gasteiger partial charge >= 0.3 is 0 Å². The first-order chi connectivity index (χ1) is 8.60. The van der Waals surface area contributed by atoms with Crippen LogP contribution in [0.5, 0.6) is 0 Å². The Kier molecular flexibility index (Phi) is 3.96. The average Bonchev–Trinajstić information content (AvgIpc) is 2.75. The van der Waals surface area contributed by atoms with Crippen LogP contribution in [0, 0.1) is 5.82 Å². The number of nitrogens with zero attached hydrogens (tertiary/aromatic N) is 2. The number of aryl methyl sites for hydroxylation is 1. The van der Waals surface area contributed by atoms with Gasteiger partial charge in [-0.05, 0) is 30.2 Å². The van der Waals surface area contributed by atoms with Crippen molar-refractivity contribution in [2.24, 2.45) is 12.9 Å². The summed E-state index contributed by atoms with van der Waals surface area (Å²) in [5.41, 5.74) is 4.34. The molecule has 18 heavy (non-hydrogen) atoms. The normalized spacial score (nSPS) is 12.7. The van der Waals surface area contributed by atoms with Gasteiger partial charge in [0.05, 0.1) is 11.7 Å². The van der Waals surface area contributed by atoms with E-state index < -0.39 is 0 Å². The number of benzene rings is 1. The molecule has 0 aliphatic rings. The molecule has 4 nitrogen and oxygen atoms in total. The number of hydrazine groups is 1. The molecule has 96 valence electrons. The highest BCUT2D eigenvalue weighted by molar-refractivity contribution is 6.31. The van der Waals surface area contributed by atoms with Crippen molar-refractivity contribution in [1.82, 2.24) is 15.2 Å². The van der Waals surface area contributed by atoms with Crippen molar-refractivity contribution in [3.05, 3.63) is 52.6 Å². The third kappa shape index (κ3) is 2.87. The fourth-order valence-corrected chi connectivity index (χ4v) is 2.02. The van der Waals surface area contributed by atoms with Crippen LogP contribution in [0.1, 0.15) is 17.3 Å². The molecule has 0 amide bonds. The number of halogens is 2. The van der Waals surface area contributed by atoms with Gasteiger partial charge in [-0.1, -0.05) is 17.7 Å². The molecule has 2 rings (SSSR count). The molecule has 1 atom stereocenters. The topological polar surface area (TPSA) is 55.9 Å². The molecule has 0 radical (unpaired) electrons.